The van der Waals surface area contributed by atoms with Crippen LogP contribution >= 0.6 is 23.2 Å². The van der Waals surface area contributed by atoms with Crippen LogP contribution in [0, 0.1) is 23.1 Å². The summed E-state index contributed by atoms with van der Waals surface area (Å²) in [5, 5.41) is 8.37. The molecule has 0 saturated carbocycles. The molecule has 2 heterocycles. The molecular weight excluding hydrogens is 528 g/mol. The van der Waals surface area contributed by atoms with E-state index in [-0.39, 0.29) is 47.3 Å². The van der Waals surface area contributed by atoms with E-state index in [9.17, 15) is 27.6 Å². The van der Waals surface area contributed by atoms with E-state index >= 15 is 4.39 Å². The van der Waals surface area contributed by atoms with Crippen molar-refractivity contribution in [2.45, 2.75) is 31.3 Å². The zero-order valence-electron chi connectivity index (χ0n) is 18.8. The minimum atomic E-state index is -5.02. The van der Waals surface area contributed by atoms with E-state index in [4.69, 9.17) is 28.0 Å². The van der Waals surface area contributed by atoms with E-state index in [0.717, 1.165) is 12.1 Å². The molecule has 2 aliphatic rings. The van der Waals surface area contributed by atoms with E-state index in [1.165, 1.54) is 23.1 Å². The molecule has 2 aromatic carbocycles. The fourth-order valence-electron chi connectivity index (χ4n) is 4.20. The number of benzene rings is 2. The molecule has 5 nitrogen and oxygen atoms in total. The average molecular weight is 546 g/mol. The Morgan fingerprint density at radius 3 is 2.33 bits per heavy atom. The summed E-state index contributed by atoms with van der Waals surface area (Å²) >= 11 is 11.4. The van der Waals surface area contributed by atoms with Crippen molar-refractivity contribution in [3.63, 3.8) is 0 Å². The van der Waals surface area contributed by atoms with Crippen molar-refractivity contribution in [2.75, 3.05) is 13.1 Å². The predicted molar refractivity (Wildman–Crippen MR) is 122 cm³/mol. The maximum Gasteiger partial charge on any atom is 0.428 e. The first-order valence-electron chi connectivity index (χ1n) is 10.6. The highest BCUT2D eigenvalue weighted by Crippen LogP contribution is 2.49. The number of hydrogen-bond acceptors (Lipinski definition) is 4. The number of alkyl halides is 4. The second-order valence-electron chi connectivity index (χ2n) is 8.94. The average Bonchev–Trinajstić information content (AvgIpc) is 3.26. The highest BCUT2D eigenvalue weighted by Gasteiger charge is 2.60. The molecular formula is C24H18Cl2F5N3O2. The third-order valence-corrected chi connectivity index (χ3v) is 6.68. The molecule has 2 aromatic rings. The minimum Gasteiger partial charge on any atom is -0.335 e. The van der Waals surface area contributed by atoms with Crippen molar-refractivity contribution in [1.82, 2.24) is 10.4 Å². The summed E-state index contributed by atoms with van der Waals surface area (Å²) in [7, 11) is 0. The van der Waals surface area contributed by atoms with Gasteiger partial charge >= 0.3 is 6.18 Å². The van der Waals surface area contributed by atoms with Crippen LogP contribution in [0.2, 0.25) is 10.0 Å². The molecule has 0 bridgehead atoms. The van der Waals surface area contributed by atoms with Crippen molar-refractivity contribution in [1.29, 1.82) is 5.26 Å². The zero-order chi connectivity index (χ0) is 26.6. The molecule has 0 spiro atoms. The van der Waals surface area contributed by atoms with Crippen LogP contribution in [0.1, 0.15) is 36.1 Å². The van der Waals surface area contributed by atoms with Crippen LogP contribution in [0.25, 0.3) is 5.70 Å². The van der Waals surface area contributed by atoms with Crippen molar-refractivity contribution >= 4 is 34.8 Å². The quantitative estimate of drug-likeness (QED) is 0.378. The Labute approximate surface area is 213 Å². The lowest BCUT2D eigenvalue weighted by Crippen LogP contribution is -2.60. The van der Waals surface area contributed by atoms with Gasteiger partial charge in [-0.05, 0) is 24.3 Å². The molecule has 2 aliphatic heterocycles. The molecule has 1 unspecified atom stereocenters. The molecule has 0 aliphatic carbocycles. The lowest BCUT2D eigenvalue weighted by atomic mass is 9.83. The van der Waals surface area contributed by atoms with Gasteiger partial charge in [0.1, 0.15) is 0 Å². The number of likely N-dealkylation sites (tertiary alicyclic amines) is 1. The molecule has 190 valence electrons. The van der Waals surface area contributed by atoms with Crippen LogP contribution in [0.15, 0.2) is 36.4 Å². The van der Waals surface area contributed by atoms with Gasteiger partial charge in [0, 0.05) is 22.6 Å². The summed E-state index contributed by atoms with van der Waals surface area (Å²) in [4.78, 5) is 18.4. The van der Waals surface area contributed by atoms with Crippen molar-refractivity contribution in [3.05, 3.63) is 74.5 Å². The predicted octanol–water partition coefficient (Wildman–Crippen LogP) is 6.00. The molecule has 1 fully saturated rings. The van der Waals surface area contributed by atoms with Crippen LogP contribution in [0.5, 0.6) is 0 Å². The van der Waals surface area contributed by atoms with E-state index in [2.05, 4.69) is 5.48 Å². The molecule has 1 saturated heterocycles. The van der Waals surface area contributed by atoms with E-state index < -0.39 is 38.9 Å². The maximum atomic E-state index is 15.5. The van der Waals surface area contributed by atoms with E-state index in [1.54, 1.807) is 13.8 Å². The molecule has 36 heavy (non-hydrogen) atoms. The fourth-order valence-corrected chi connectivity index (χ4v) is 4.69. The second kappa shape index (κ2) is 8.91. The summed E-state index contributed by atoms with van der Waals surface area (Å²) in [6, 6.07) is 7.24. The van der Waals surface area contributed by atoms with Gasteiger partial charge in [0.2, 0.25) is 11.5 Å². The highest BCUT2D eigenvalue weighted by atomic mass is 35.5. The fraction of sp³-hybridized carbons (Fsp3) is 0.333. The number of hydrogen-bond donors (Lipinski definition) is 1. The minimum absolute atomic E-state index is 0.0280. The van der Waals surface area contributed by atoms with Gasteiger partial charge in [-0.25, -0.2) is 8.78 Å². The molecule has 1 amide bonds. The summed E-state index contributed by atoms with van der Waals surface area (Å²) in [6.45, 7) is 2.92. The van der Waals surface area contributed by atoms with Gasteiger partial charge in [-0.1, -0.05) is 49.2 Å². The largest absolute Gasteiger partial charge is 0.428 e. The monoisotopic (exact) mass is 545 g/mol. The molecule has 0 aromatic heterocycles. The van der Waals surface area contributed by atoms with Gasteiger partial charge in [-0.15, -0.1) is 0 Å². The number of carbonyl (C=O) groups is 1. The summed E-state index contributed by atoms with van der Waals surface area (Å²) in [6.07, 6.45) is -4.31. The molecule has 1 atom stereocenters. The molecule has 1 N–H and O–H groups in total. The SMILES string of the molecule is CC(C)C(=O)N1CC(F)(c2ccc(C3=CC(c4cc(Cl)c(F)c(Cl)c4)(C(F)(F)F)ON3)cc2C#N)C1. The standard InChI is InChI=1S/C24H18Cl2F5N3O2/c1-12(2)21(35)34-10-22(28,11-34)16-4-3-13(5-14(16)9-32)19-8-23(36-33-19,24(29,30)31)15-6-17(25)20(27)18(26)7-15/h3-8,12,33H,10-11H2,1-2H3. The first kappa shape index (κ1) is 26.2. The lowest BCUT2D eigenvalue weighted by Gasteiger charge is -2.45. The van der Waals surface area contributed by atoms with Gasteiger partial charge < -0.3 is 4.90 Å². The van der Waals surface area contributed by atoms with Gasteiger partial charge in [0.15, 0.2) is 11.5 Å². The van der Waals surface area contributed by atoms with Crippen molar-refractivity contribution in [2.24, 2.45) is 5.92 Å². The molecule has 4 rings (SSSR count). The Hall–Kier alpha value is -2.87. The van der Waals surface area contributed by atoms with E-state index in [0.29, 0.717) is 6.08 Å². The maximum absolute atomic E-state index is 15.5. The van der Waals surface area contributed by atoms with Crippen LogP contribution in [-0.4, -0.2) is 30.1 Å². The Morgan fingerprint density at radius 1 is 1.19 bits per heavy atom. The number of carbonyl (C=O) groups excluding carboxylic acids is 1. The van der Waals surface area contributed by atoms with Gasteiger partial charge in [-0.3, -0.25) is 15.1 Å². The zero-order valence-corrected chi connectivity index (χ0v) is 20.3. The van der Waals surface area contributed by atoms with Crippen LogP contribution in [0.4, 0.5) is 22.0 Å². The summed E-state index contributed by atoms with van der Waals surface area (Å²) < 4.78 is 71.9. The van der Waals surface area contributed by atoms with Crippen molar-refractivity contribution in [3.8, 4) is 6.07 Å². The number of rotatable bonds is 4. The topological polar surface area (TPSA) is 65.4 Å². The Morgan fingerprint density at radius 2 is 1.81 bits per heavy atom. The van der Waals surface area contributed by atoms with E-state index in [1.807, 2.05) is 6.07 Å². The highest BCUT2D eigenvalue weighted by molar-refractivity contribution is 6.35. The smallest absolute Gasteiger partial charge is 0.335 e. The number of nitriles is 1. The Kier molecular flexibility index (Phi) is 6.48. The molecule has 0 radical (unpaired) electrons. The summed E-state index contributed by atoms with van der Waals surface area (Å²) in [5.41, 5.74) is -3.53. The first-order chi connectivity index (χ1) is 16.7. The number of halogens is 7. The van der Waals surface area contributed by atoms with Crippen LogP contribution in [-0.2, 0) is 20.9 Å². The Balaban J connectivity index is 1.71. The normalized spacial score (nSPS) is 21.0. The van der Waals surface area contributed by atoms with Crippen LogP contribution < -0.4 is 5.48 Å². The Bertz CT molecular complexity index is 1290. The number of hydroxylamine groups is 1. The summed E-state index contributed by atoms with van der Waals surface area (Å²) in [5.74, 6) is -1.61. The third-order valence-electron chi connectivity index (χ3n) is 6.13. The molecule has 12 heteroatoms. The number of amides is 1. The van der Waals surface area contributed by atoms with Gasteiger partial charge in [0.25, 0.3) is 0 Å². The number of nitrogens with zero attached hydrogens (tertiary/aromatic N) is 2. The van der Waals surface area contributed by atoms with Gasteiger partial charge in [-0.2, -0.15) is 18.4 Å². The van der Waals surface area contributed by atoms with Crippen LogP contribution in [0.3, 0.4) is 0 Å². The third kappa shape index (κ3) is 4.19. The lowest BCUT2D eigenvalue weighted by molar-refractivity contribution is -0.269. The number of nitrogens with one attached hydrogen (secondary N) is 1. The van der Waals surface area contributed by atoms with Crippen molar-refractivity contribution < 1.29 is 31.6 Å². The van der Waals surface area contributed by atoms with Gasteiger partial charge in [0.05, 0.1) is 40.5 Å². The first-order valence-corrected chi connectivity index (χ1v) is 11.4. The second-order valence-corrected chi connectivity index (χ2v) is 9.75.